The fourth-order valence-corrected chi connectivity index (χ4v) is 4.11. The Morgan fingerprint density at radius 1 is 1.30 bits per heavy atom. The van der Waals surface area contributed by atoms with E-state index < -0.39 is 10.0 Å². The molecule has 0 aliphatic heterocycles. The molecule has 0 aliphatic rings. The number of sulfonamides is 1. The standard InChI is InChI=1S/C13H13BrClNO2S2/c1-9-8-11(3-4-12(9)14)20(17,18)16-7-6-10-2-5-13(15)19-10/h2-5,8,16H,6-7H2,1H3. The van der Waals surface area contributed by atoms with Crippen LogP contribution in [0.3, 0.4) is 0 Å². The maximum atomic E-state index is 12.1. The Morgan fingerprint density at radius 2 is 2.05 bits per heavy atom. The number of aryl methyl sites for hydroxylation is 1. The van der Waals surface area contributed by atoms with Gasteiger partial charge in [0.2, 0.25) is 10.0 Å². The molecule has 0 amide bonds. The lowest BCUT2D eigenvalue weighted by Gasteiger charge is -2.07. The van der Waals surface area contributed by atoms with Gasteiger partial charge in [-0.25, -0.2) is 13.1 Å². The van der Waals surface area contributed by atoms with Gasteiger partial charge in [0.1, 0.15) is 0 Å². The Bertz CT molecular complexity index is 713. The SMILES string of the molecule is Cc1cc(S(=O)(=O)NCCc2ccc(Cl)s2)ccc1Br. The van der Waals surface area contributed by atoms with Crippen molar-refractivity contribution < 1.29 is 8.42 Å². The second-order valence-corrected chi connectivity index (χ2v) is 8.69. The van der Waals surface area contributed by atoms with Crippen LogP contribution in [0.2, 0.25) is 4.34 Å². The second kappa shape index (κ2) is 6.58. The van der Waals surface area contributed by atoms with Gasteiger partial charge in [-0.05, 0) is 49.2 Å². The molecule has 0 bridgehead atoms. The molecule has 0 spiro atoms. The molecule has 0 saturated heterocycles. The van der Waals surface area contributed by atoms with E-state index in [1.54, 1.807) is 18.2 Å². The van der Waals surface area contributed by atoms with Gasteiger partial charge in [0, 0.05) is 15.9 Å². The molecule has 1 aromatic carbocycles. The van der Waals surface area contributed by atoms with Crippen molar-refractivity contribution in [3.05, 3.63) is 49.6 Å². The lowest BCUT2D eigenvalue weighted by atomic mass is 10.2. The highest BCUT2D eigenvalue weighted by atomic mass is 79.9. The molecular weight excluding hydrogens is 382 g/mol. The van der Waals surface area contributed by atoms with Crippen LogP contribution in [0.15, 0.2) is 39.7 Å². The van der Waals surface area contributed by atoms with Crippen LogP contribution in [-0.4, -0.2) is 15.0 Å². The number of halogens is 2. The summed E-state index contributed by atoms with van der Waals surface area (Å²) in [6.45, 7) is 2.21. The van der Waals surface area contributed by atoms with Crippen molar-refractivity contribution in [2.75, 3.05) is 6.54 Å². The van der Waals surface area contributed by atoms with Gasteiger partial charge in [-0.1, -0.05) is 27.5 Å². The molecule has 0 aliphatic carbocycles. The molecule has 0 radical (unpaired) electrons. The molecule has 0 atom stereocenters. The third-order valence-corrected chi connectivity index (χ3v) is 6.37. The molecule has 7 heteroatoms. The maximum Gasteiger partial charge on any atom is 0.240 e. The molecule has 0 unspecified atom stereocenters. The predicted octanol–water partition coefficient (Wildman–Crippen LogP) is 3.99. The summed E-state index contributed by atoms with van der Waals surface area (Å²) < 4.78 is 28.5. The summed E-state index contributed by atoms with van der Waals surface area (Å²) in [6, 6.07) is 8.69. The Hall–Kier alpha value is -0.400. The molecule has 20 heavy (non-hydrogen) atoms. The second-order valence-electron chi connectivity index (χ2n) is 4.26. The minimum atomic E-state index is -3.46. The van der Waals surface area contributed by atoms with E-state index in [2.05, 4.69) is 20.7 Å². The summed E-state index contributed by atoms with van der Waals surface area (Å²) in [7, 11) is -3.46. The van der Waals surface area contributed by atoms with E-state index in [0.717, 1.165) is 14.9 Å². The first-order valence-electron chi connectivity index (χ1n) is 5.88. The van der Waals surface area contributed by atoms with E-state index >= 15 is 0 Å². The van der Waals surface area contributed by atoms with Crippen LogP contribution >= 0.6 is 38.9 Å². The zero-order valence-electron chi connectivity index (χ0n) is 10.7. The molecule has 1 heterocycles. The fraction of sp³-hybridized carbons (Fsp3) is 0.231. The van der Waals surface area contributed by atoms with Crippen LogP contribution < -0.4 is 4.72 Å². The molecule has 1 N–H and O–H groups in total. The monoisotopic (exact) mass is 393 g/mol. The summed E-state index contributed by atoms with van der Waals surface area (Å²) in [5, 5.41) is 0. The summed E-state index contributed by atoms with van der Waals surface area (Å²) in [5.74, 6) is 0. The normalized spacial score (nSPS) is 11.8. The predicted molar refractivity (Wildman–Crippen MR) is 87.1 cm³/mol. The Kier molecular flexibility index (Phi) is 5.25. The third-order valence-electron chi connectivity index (χ3n) is 2.73. The maximum absolute atomic E-state index is 12.1. The van der Waals surface area contributed by atoms with Gasteiger partial charge in [0.25, 0.3) is 0 Å². The van der Waals surface area contributed by atoms with Gasteiger partial charge >= 0.3 is 0 Å². The average Bonchev–Trinajstić information content (AvgIpc) is 2.78. The van der Waals surface area contributed by atoms with Crippen LogP contribution in [0, 0.1) is 6.92 Å². The largest absolute Gasteiger partial charge is 0.240 e. The van der Waals surface area contributed by atoms with Crippen LogP contribution in [-0.2, 0) is 16.4 Å². The van der Waals surface area contributed by atoms with Crippen molar-refractivity contribution in [2.45, 2.75) is 18.2 Å². The smallest absolute Gasteiger partial charge is 0.211 e. The zero-order valence-corrected chi connectivity index (χ0v) is 14.7. The molecular formula is C13H13BrClNO2S2. The van der Waals surface area contributed by atoms with Crippen molar-refractivity contribution in [3.8, 4) is 0 Å². The molecule has 1 aromatic heterocycles. The molecule has 108 valence electrons. The van der Waals surface area contributed by atoms with Crippen LogP contribution in [0.4, 0.5) is 0 Å². The molecule has 2 aromatic rings. The summed E-state index contributed by atoms with van der Waals surface area (Å²) >= 11 is 10.7. The molecule has 0 saturated carbocycles. The number of nitrogens with one attached hydrogen (secondary N) is 1. The van der Waals surface area contributed by atoms with Gasteiger partial charge in [0.15, 0.2) is 0 Å². The molecule has 2 rings (SSSR count). The van der Waals surface area contributed by atoms with E-state index in [1.165, 1.54) is 11.3 Å². The Labute approximate surface area is 136 Å². The minimum Gasteiger partial charge on any atom is -0.211 e. The lowest BCUT2D eigenvalue weighted by molar-refractivity contribution is 0.581. The third kappa shape index (κ3) is 4.05. The van der Waals surface area contributed by atoms with E-state index in [0.29, 0.717) is 17.3 Å². The number of hydrogen-bond acceptors (Lipinski definition) is 3. The van der Waals surface area contributed by atoms with Gasteiger partial charge in [-0.2, -0.15) is 0 Å². The van der Waals surface area contributed by atoms with E-state index in [4.69, 9.17) is 11.6 Å². The van der Waals surface area contributed by atoms with E-state index in [-0.39, 0.29) is 4.90 Å². The first-order chi connectivity index (χ1) is 9.38. The number of rotatable bonds is 5. The number of hydrogen-bond donors (Lipinski definition) is 1. The number of benzene rings is 1. The lowest BCUT2D eigenvalue weighted by Crippen LogP contribution is -2.25. The van der Waals surface area contributed by atoms with Crippen LogP contribution in [0.1, 0.15) is 10.4 Å². The average molecular weight is 395 g/mol. The highest BCUT2D eigenvalue weighted by Gasteiger charge is 2.14. The minimum absolute atomic E-state index is 0.280. The van der Waals surface area contributed by atoms with Crippen molar-refractivity contribution in [2.24, 2.45) is 0 Å². The quantitative estimate of drug-likeness (QED) is 0.833. The highest BCUT2D eigenvalue weighted by molar-refractivity contribution is 9.10. The van der Waals surface area contributed by atoms with E-state index in [1.807, 2.05) is 19.1 Å². The summed E-state index contributed by atoms with van der Waals surface area (Å²) in [5.41, 5.74) is 0.887. The van der Waals surface area contributed by atoms with E-state index in [9.17, 15) is 8.42 Å². The van der Waals surface area contributed by atoms with Gasteiger partial charge in [-0.15, -0.1) is 11.3 Å². The van der Waals surface area contributed by atoms with Crippen molar-refractivity contribution >= 4 is 48.9 Å². The Balaban J connectivity index is 2.02. The fourth-order valence-electron chi connectivity index (χ4n) is 1.66. The topological polar surface area (TPSA) is 46.2 Å². The van der Waals surface area contributed by atoms with Gasteiger partial charge < -0.3 is 0 Å². The Morgan fingerprint density at radius 3 is 2.65 bits per heavy atom. The zero-order chi connectivity index (χ0) is 14.8. The first-order valence-corrected chi connectivity index (χ1v) is 9.35. The van der Waals surface area contributed by atoms with Gasteiger partial charge in [-0.3, -0.25) is 0 Å². The van der Waals surface area contributed by atoms with Crippen molar-refractivity contribution in [1.29, 1.82) is 0 Å². The van der Waals surface area contributed by atoms with Crippen molar-refractivity contribution in [1.82, 2.24) is 4.72 Å². The number of thiophene rings is 1. The molecule has 3 nitrogen and oxygen atoms in total. The molecule has 0 fully saturated rings. The van der Waals surface area contributed by atoms with Crippen molar-refractivity contribution in [3.63, 3.8) is 0 Å². The summed E-state index contributed by atoms with van der Waals surface area (Å²) in [4.78, 5) is 1.34. The van der Waals surface area contributed by atoms with Gasteiger partial charge in [0.05, 0.1) is 9.23 Å². The van der Waals surface area contributed by atoms with Crippen LogP contribution in [0.5, 0.6) is 0 Å². The van der Waals surface area contributed by atoms with Crippen LogP contribution in [0.25, 0.3) is 0 Å². The summed E-state index contributed by atoms with van der Waals surface area (Å²) in [6.07, 6.45) is 0.631. The first kappa shape index (κ1) is 16.0. The highest BCUT2D eigenvalue weighted by Crippen LogP contribution is 2.22.